The van der Waals surface area contributed by atoms with Crippen LogP contribution in [-0.4, -0.2) is 62.5 Å². The first kappa shape index (κ1) is 21.5. The van der Waals surface area contributed by atoms with E-state index in [0.29, 0.717) is 30.8 Å². The molecule has 0 bridgehead atoms. The summed E-state index contributed by atoms with van der Waals surface area (Å²) in [6.45, 7) is 5.34. The molecule has 0 radical (unpaired) electrons. The van der Waals surface area contributed by atoms with Crippen molar-refractivity contribution >= 4 is 17.8 Å². The number of nitrogens with one attached hydrogen (secondary N) is 2. The van der Waals surface area contributed by atoms with Gasteiger partial charge in [-0.25, -0.2) is 0 Å². The molecule has 8 heteroatoms. The Kier molecular flexibility index (Phi) is 8.58. The summed E-state index contributed by atoms with van der Waals surface area (Å²) in [4.78, 5) is 30.3. The number of carbonyl (C=O) groups is 2. The normalized spacial score (nSPS) is 17.1. The van der Waals surface area contributed by atoms with Crippen molar-refractivity contribution in [2.24, 2.45) is 16.6 Å². The number of nitrogens with zero attached hydrogens (tertiary/aromatic N) is 2. The number of benzene rings is 1. The van der Waals surface area contributed by atoms with Gasteiger partial charge < -0.3 is 26.0 Å². The Labute approximate surface area is 166 Å². The van der Waals surface area contributed by atoms with Crippen molar-refractivity contribution in [2.75, 3.05) is 39.8 Å². The van der Waals surface area contributed by atoms with Crippen LogP contribution in [-0.2, 0) is 4.79 Å². The molecule has 8 nitrogen and oxygen atoms in total. The quantitative estimate of drug-likeness (QED) is 0.349. The van der Waals surface area contributed by atoms with E-state index < -0.39 is 0 Å². The maximum Gasteiger partial charge on any atom is 0.251 e. The zero-order valence-electron chi connectivity index (χ0n) is 16.7. The van der Waals surface area contributed by atoms with Crippen molar-refractivity contribution < 1.29 is 14.3 Å². The molecule has 4 N–H and O–H groups in total. The lowest BCUT2D eigenvalue weighted by molar-refractivity contribution is -0.119. The van der Waals surface area contributed by atoms with Gasteiger partial charge in [0.25, 0.3) is 5.91 Å². The number of nitrogens with two attached hydrogens (primary N) is 1. The Balaban J connectivity index is 1.88. The van der Waals surface area contributed by atoms with Gasteiger partial charge in [-0.3, -0.25) is 14.6 Å². The minimum Gasteiger partial charge on any atom is -0.497 e. The maximum atomic E-state index is 12.2. The molecule has 2 rings (SSSR count). The summed E-state index contributed by atoms with van der Waals surface area (Å²) in [5, 5.41) is 6.17. The second-order valence-electron chi connectivity index (χ2n) is 6.85. The maximum absolute atomic E-state index is 12.2. The Morgan fingerprint density at radius 2 is 2.18 bits per heavy atom. The van der Waals surface area contributed by atoms with Crippen LogP contribution in [0, 0.1) is 5.92 Å². The molecule has 0 aliphatic carbocycles. The number of carbonyl (C=O) groups excluding carboxylic acids is 2. The van der Waals surface area contributed by atoms with Gasteiger partial charge in [0.05, 0.1) is 13.7 Å². The predicted octanol–water partition coefficient (Wildman–Crippen LogP) is 0.978. The Hall–Kier alpha value is -2.77. The van der Waals surface area contributed by atoms with Crippen molar-refractivity contribution in [3.05, 3.63) is 29.8 Å². The van der Waals surface area contributed by atoms with E-state index in [1.165, 1.54) is 0 Å². The SMILES string of the molecule is CCNC(=NCCNC(=O)c1cccc(OC)c1)N1CCCC(CC(N)=O)C1. The molecule has 154 valence electrons. The largest absolute Gasteiger partial charge is 0.497 e. The molecule has 1 atom stereocenters. The van der Waals surface area contributed by atoms with Gasteiger partial charge in [-0.15, -0.1) is 0 Å². The first-order chi connectivity index (χ1) is 13.5. The van der Waals surface area contributed by atoms with Crippen LogP contribution < -0.4 is 21.1 Å². The van der Waals surface area contributed by atoms with Gasteiger partial charge in [0.1, 0.15) is 5.75 Å². The number of ether oxygens (including phenoxy) is 1. The monoisotopic (exact) mass is 389 g/mol. The Morgan fingerprint density at radius 3 is 2.89 bits per heavy atom. The summed E-state index contributed by atoms with van der Waals surface area (Å²) in [6.07, 6.45) is 2.43. The molecule has 2 amide bonds. The number of guanidine groups is 1. The van der Waals surface area contributed by atoms with Gasteiger partial charge in [-0.1, -0.05) is 6.07 Å². The van der Waals surface area contributed by atoms with Crippen LogP contribution in [0.15, 0.2) is 29.3 Å². The molecular weight excluding hydrogens is 358 g/mol. The lowest BCUT2D eigenvalue weighted by Crippen LogP contribution is -2.47. The Bertz CT molecular complexity index is 692. The topological polar surface area (TPSA) is 109 Å². The van der Waals surface area contributed by atoms with Crippen LogP contribution in [0.1, 0.15) is 36.5 Å². The Morgan fingerprint density at radius 1 is 1.36 bits per heavy atom. The third-order valence-corrected chi connectivity index (χ3v) is 4.63. The van der Waals surface area contributed by atoms with Crippen molar-refractivity contribution in [1.29, 1.82) is 0 Å². The molecule has 1 fully saturated rings. The van der Waals surface area contributed by atoms with Crippen LogP contribution >= 0.6 is 0 Å². The summed E-state index contributed by atoms with van der Waals surface area (Å²) in [5.74, 6) is 1.32. The molecule has 28 heavy (non-hydrogen) atoms. The molecule has 0 saturated carbocycles. The second-order valence-corrected chi connectivity index (χ2v) is 6.85. The fourth-order valence-corrected chi connectivity index (χ4v) is 3.33. The molecule has 1 aliphatic heterocycles. The first-order valence-electron chi connectivity index (χ1n) is 9.77. The third-order valence-electron chi connectivity index (χ3n) is 4.63. The first-order valence-corrected chi connectivity index (χ1v) is 9.77. The number of primary amides is 1. The lowest BCUT2D eigenvalue weighted by atomic mass is 9.95. The lowest BCUT2D eigenvalue weighted by Gasteiger charge is -2.34. The summed E-state index contributed by atoms with van der Waals surface area (Å²) in [7, 11) is 1.57. The van der Waals surface area contributed by atoms with Crippen LogP contribution in [0.2, 0.25) is 0 Å². The average Bonchev–Trinajstić information content (AvgIpc) is 2.70. The van der Waals surface area contributed by atoms with E-state index in [2.05, 4.69) is 20.5 Å². The minimum atomic E-state index is -0.256. The molecule has 1 unspecified atom stereocenters. The number of aliphatic imine (C=N–C) groups is 1. The third kappa shape index (κ3) is 6.75. The van der Waals surface area contributed by atoms with E-state index in [9.17, 15) is 9.59 Å². The van der Waals surface area contributed by atoms with E-state index in [-0.39, 0.29) is 17.7 Å². The molecule has 1 saturated heterocycles. The number of rotatable bonds is 8. The van der Waals surface area contributed by atoms with Crippen LogP contribution in [0.4, 0.5) is 0 Å². The number of amides is 2. The molecule has 1 aromatic carbocycles. The second kappa shape index (κ2) is 11.2. The molecule has 1 heterocycles. The molecule has 1 aliphatic rings. The fraction of sp³-hybridized carbons (Fsp3) is 0.550. The van der Waals surface area contributed by atoms with Crippen LogP contribution in [0.5, 0.6) is 5.75 Å². The van der Waals surface area contributed by atoms with Gasteiger partial charge >= 0.3 is 0 Å². The van der Waals surface area contributed by atoms with Crippen molar-refractivity contribution in [3.63, 3.8) is 0 Å². The molecule has 1 aromatic rings. The van der Waals surface area contributed by atoms with Crippen molar-refractivity contribution in [3.8, 4) is 5.75 Å². The summed E-state index contributed by atoms with van der Waals surface area (Å²) in [5.41, 5.74) is 5.90. The minimum absolute atomic E-state index is 0.154. The summed E-state index contributed by atoms with van der Waals surface area (Å²) < 4.78 is 5.14. The predicted molar refractivity (Wildman–Crippen MR) is 109 cm³/mol. The molecular formula is C20H31N5O3. The van der Waals surface area contributed by atoms with Gasteiger partial charge in [-0.2, -0.15) is 0 Å². The van der Waals surface area contributed by atoms with Gasteiger partial charge in [0.15, 0.2) is 5.96 Å². The van der Waals surface area contributed by atoms with Crippen LogP contribution in [0.25, 0.3) is 0 Å². The standard InChI is InChI=1S/C20H31N5O3/c1-3-22-20(25-11-5-6-15(14-25)12-18(21)26)24-10-9-23-19(27)16-7-4-8-17(13-16)28-2/h4,7-8,13,15H,3,5-6,9-12,14H2,1-2H3,(H2,21,26)(H,22,24)(H,23,27). The van der Waals surface area contributed by atoms with Crippen molar-refractivity contribution in [2.45, 2.75) is 26.2 Å². The zero-order chi connectivity index (χ0) is 20.4. The zero-order valence-corrected chi connectivity index (χ0v) is 16.7. The van der Waals surface area contributed by atoms with Crippen molar-refractivity contribution in [1.82, 2.24) is 15.5 Å². The smallest absolute Gasteiger partial charge is 0.251 e. The van der Waals surface area contributed by atoms with E-state index in [4.69, 9.17) is 10.5 Å². The average molecular weight is 390 g/mol. The summed E-state index contributed by atoms with van der Waals surface area (Å²) >= 11 is 0. The van der Waals surface area contributed by atoms with Gasteiger partial charge in [-0.05, 0) is 43.9 Å². The molecule has 0 aromatic heterocycles. The number of hydrogen-bond donors (Lipinski definition) is 3. The fourth-order valence-electron chi connectivity index (χ4n) is 3.33. The highest BCUT2D eigenvalue weighted by Crippen LogP contribution is 2.19. The number of piperidine rings is 1. The van der Waals surface area contributed by atoms with E-state index >= 15 is 0 Å². The van der Waals surface area contributed by atoms with E-state index in [1.807, 2.05) is 6.92 Å². The van der Waals surface area contributed by atoms with Gasteiger partial charge in [0.2, 0.25) is 5.91 Å². The van der Waals surface area contributed by atoms with E-state index in [1.54, 1.807) is 31.4 Å². The summed E-state index contributed by atoms with van der Waals surface area (Å²) in [6, 6.07) is 7.04. The van der Waals surface area contributed by atoms with E-state index in [0.717, 1.165) is 38.4 Å². The van der Waals surface area contributed by atoms with Crippen LogP contribution in [0.3, 0.4) is 0 Å². The molecule has 0 spiro atoms. The number of methoxy groups -OCH3 is 1. The van der Waals surface area contributed by atoms with Gasteiger partial charge in [0, 0.05) is 38.2 Å². The highest BCUT2D eigenvalue weighted by Gasteiger charge is 2.23. The number of likely N-dealkylation sites (tertiary alicyclic amines) is 1. The highest BCUT2D eigenvalue weighted by atomic mass is 16.5. The number of hydrogen-bond acceptors (Lipinski definition) is 4. The highest BCUT2D eigenvalue weighted by molar-refractivity contribution is 5.94.